The van der Waals surface area contributed by atoms with Gasteiger partial charge < -0.3 is 4.74 Å². The number of nitrogens with zero attached hydrogens (tertiary/aromatic N) is 1. The number of hydrogen-bond acceptors (Lipinski definition) is 5. The Labute approximate surface area is 138 Å². The van der Waals surface area contributed by atoms with Gasteiger partial charge in [-0.1, -0.05) is 17.7 Å². The van der Waals surface area contributed by atoms with Gasteiger partial charge in [-0.05, 0) is 25.5 Å². The van der Waals surface area contributed by atoms with Gasteiger partial charge in [0.2, 0.25) is 20.0 Å². The molecule has 0 saturated carbocycles. The molecule has 7 nitrogen and oxygen atoms in total. The van der Waals surface area contributed by atoms with Gasteiger partial charge in [-0.15, -0.1) is 0 Å². The van der Waals surface area contributed by atoms with Crippen LogP contribution in [0.3, 0.4) is 0 Å². The van der Waals surface area contributed by atoms with E-state index in [4.69, 9.17) is 4.74 Å². The van der Waals surface area contributed by atoms with Crippen LogP contribution in [0, 0.1) is 6.92 Å². The van der Waals surface area contributed by atoms with Crippen molar-refractivity contribution in [1.82, 2.24) is 9.03 Å². The zero-order valence-electron chi connectivity index (χ0n) is 13.6. The number of ether oxygens (including phenoxy) is 1. The second-order valence-corrected chi connectivity index (χ2v) is 8.97. The van der Waals surface area contributed by atoms with Crippen LogP contribution in [-0.2, 0) is 24.8 Å². The molecule has 132 valence electrons. The van der Waals surface area contributed by atoms with Gasteiger partial charge in [0.1, 0.15) is 0 Å². The number of rotatable bonds is 10. The lowest BCUT2D eigenvalue weighted by molar-refractivity contribution is 0.187. The molecule has 1 aromatic carbocycles. The molecule has 9 heteroatoms. The van der Waals surface area contributed by atoms with E-state index in [1.165, 1.54) is 16.4 Å². The zero-order chi connectivity index (χ0) is 17.5. The van der Waals surface area contributed by atoms with Gasteiger partial charge in [0.15, 0.2) is 0 Å². The summed E-state index contributed by atoms with van der Waals surface area (Å²) in [7, 11) is -5.49. The summed E-state index contributed by atoms with van der Waals surface area (Å²) in [5.41, 5.74) is 0.963. The first-order valence-electron chi connectivity index (χ1n) is 7.17. The fourth-order valence-electron chi connectivity index (χ4n) is 1.93. The van der Waals surface area contributed by atoms with Crippen molar-refractivity contribution >= 4 is 20.0 Å². The van der Waals surface area contributed by atoms with E-state index < -0.39 is 20.0 Å². The molecular weight excluding hydrogens is 340 g/mol. The van der Waals surface area contributed by atoms with Crippen molar-refractivity contribution in [3.8, 4) is 0 Å². The van der Waals surface area contributed by atoms with E-state index >= 15 is 0 Å². The van der Waals surface area contributed by atoms with Crippen molar-refractivity contribution in [2.45, 2.75) is 18.2 Å². The van der Waals surface area contributed by atoms with Crippen LogP contribution in [0.15, 0.2) is 29.2 Å². The summed E-state index contributed by atoms with van der Waals surface area (Å²) in [6.45, 7) is 2.69. The quantitative estimate of drug-likeness (QED) is 0.613. The van der Waals surface area contributed by atoms with Gasteiger partial charge in [0, 0.05) is 33.4 Å². The van der Waals surface area contributed by atoms with Crippen molar-refractivity contribution in [1.29, 1.82) is 0 Å². The average Bonchev–Trinajstić information content (AvgIpc) is 2.45. The van der Waals surface area contributed by atoms with Crippen LogP contribution in [0.2, 0.25) is 0 Å². The molecule has 0 spiro atoms. The lowest BCUT2D eigenvalue weighted by Crippen LogP contribution is -2.38. The van der Waals surface area contributed by atoms with Crippen LogP contribution < -0.4 is 4.72 Å². The molecule has 0 unspecified atom stereocenters. The minimum Gasteiger partial charge on any atom is -0.385 e. The highest BCUT2D eigenvalue weighted by molar-refractivity contribution is 7.89. The van der Waals surface area contributed by atoms with Gasteiger partial charge >= 0.3 is 0 Å². The highest BCUT2D eigenvalue weighted by atomic mass is 32.2. The van der Waals surface area contributed by atoms with Crippen molar-refractivity contribution < 1.29 is 21.6 Å². The van der Waals surface area contributed by atoms with Gasteiger partial charge in [-0.25, -0.2) is 25.9 Å². The molecule has 0 aliphatic carbocycles. The van der Waals surface area contributed by atoms with Crippen LogP contribution in [0.25, 0.3) is 0 Å². The van der Waals surface area contributed by atoms with E-state index in [1.807, 2.05) is 6.92 Å². The third kappa shape index (κ3) is 6.96. The van der Waals surface area contributed by atoms with E-state index in [9.17, 15) is 16.8 Å². The van der Waals surface area contributed by atoms with Crippen LogP contribution >= 0.6 is 0 Å². The van der Waals surface area contributed by atoms with Crippen molar-refractivity contribution in [3.05, 3.63) is 29.8 Å². The standard InChI is InChI=1S/C14H24N2O5S2/c1-13-5-7-14(8-6-13)23(19,20)15-9-11-16(22(3,17)18)10-4-12-21-2/h5-8,15H,4,9-12H2,1-3H3. The minimum atomic E-state index is -3.64. The molecule has 1 aromatic rings. The molecule has 0 saturated heterocycles. The van der Waals surface area contributed by atoms with Crippen LogP contribution in [0.1, 0.15) is 12.0 Å². The molecule has 0 fully saturated rings. The summed E-state index contributed by atoms with van der Waals surface area (Å²) >= 11 is 0. The molecule has 1 rings (SSSR count). The number of hydrogen-bond donors (Lipinski definition) is 1. The highest BCUT2D eigenvalue weighted by Crippen LogP contribution is 2.09. The van der Waals surface area contributed by atoms with Gasteiger partial charge in [-0.3, -0.25) is 0 Å². The minimum absolute atomic E-state index is 0.0102. The molecule has 0 aromatic heterocycles. The van der Waals surface area contributed by atoms with E-state index in [1.54, 1.807) is 19.2 Å². The largest absolute Gasteiger partial charge is 0.385 e. The van der Waals surface area contributed by atoms with Crippen molar-refractivity contribution in [2.75, 3.05) is 39.6 Å². The lowest BCUT2D eigenvalue weighted by Gasteiger charge is -2.20. The first-order chi connectivity index (χ1) is 10.7. The van der Waals surface area contributed by atoms with E-state index in [2.05, 4.69) is 4.72 Å². The zero-order valence-corrected chi connectivity index (χ0v) is 15.3. The fraction of sp³-hybridized carbons (Fsp3) is 0.571. The lowest BCUT2D eigenvalue weighted by atomic mass is 10.2. The maximum absolute atomic E-state index is 12.1. The summed E-state index contributed by atoms with van der Waals surface area (Å²) in [5.74, 6) is 0. The Morgan fingerprint density at radius 3 is 2.22 bits per heavy atom. The van der Waals surface area contributed by atoms with Crippen molar-refractivity contribution in [3.63, 3.8) is 0 Å². The summed E-state index contributed by atoms with van der Waals surface area (Å²) in [6, 6.07) is 6.46. The summed E-state index contributed by atoms with van der Waals surface area (Å²) < 4.78 is 56.2. The third-order valence-corrected chi connectivity index (χ3v) is 5.99. The van der Waals surface area contributed by atoms with Gasteiger partial charge in [-0.2, -0.15) is 0 Å². The van der Waals surface area contributed by atoms with Crippen LogP contribution in [-0.4, -0.2) is 60.7 Å². The molecule has 0 aliphatic rings. The molecule has 0 amide bonds. The Morgan fingerprint density at radius 2 is 1.70 bits per heavy atom. The summed E-state index contributed by atoms with van der Waals surface area (Å²) in [5, 5.41) is 0. The first kappa shape index (κ1) is 20.0. The number of aryl methyl sites for hydroxylation is 1. The Balaban J connectivity index is 2.62. The third-order valence-electron chi connectivity index (χ3n) is 3.21. The second-order valence-electron chi connectivity index (χ2n) is 5.22. The molecule has 1 N–H and O–H groups in total. The Kier molecular flexibility index (Phi) is 7.62. The summed E-state index contributed by atoms with van der Waals surface area (Å²) in [6.07, 6.45) is 1.66. The predicted molar refractivity (Wildman–Crippen MR) is 89.3 cm³/mol. The van der Waals surface area contributed by atoms with Gasteiger partial charge in [0.25, 0.3) is 0 Å². The first-order valence-corrected chi connectivity index (χ1v) is 10.5. The second kappa shape index (κ2) is 8.74. The van der Waals surface area contributed by atoms with Crippen LogP contribution in [0.4, 0.5) is 0 Å². The molecular formula is C14H24N2O5S2. The number of benzene rings is 1. The summed E-state index contributed by atoms with van der Waals surface area (Å²) in [4.78, 5) is 0.161. The van der Waals surface area contributed by atoms with Gasteiger partial charge in [0.05, 0.1) is 11.2 Å². The molecule has 0 bridgehead atoms. The molecule has 0 heterocycles. The average molecular weight is 364 g/mol. The van der Waals surface area contributed by atoms with E-state index in [0.717, 1.165) is 11.8 Å². The van der Waals surface area contributed by atoms with E-state index in [-0.39, 0.29) is 18.0 Å². The fourth-order valence-corrected chi connectivity index (χ4v) is 3.84. The predicted octanol–water partition coefficient (Wildman–Crippen LogP) is 0.571. The Bertz CT molecular complexity index is 684. The maximum Gasteiger partial charge on any atom is 0.240 e. The maximum atomic E-state index is 12.1. The number of sulfonamides is 2. The molecule has 0 atom stereocenters. The number of methoxy groups -OCH3 is 1. The van der Waals surface area contributed by atoms with E-state index in [0.29, 0.717) is 19.6 Å². The SMILES string of the molecule is COCCCN(CCNS(=O)(=O)c1ccc(C)cc1)S(C)(=O)=O. The monoisotopic (exact) mass is 364 g/mol. The Morgan fingerprint density at radius 1 is 1.09 bits per heavy atom. The molecule has 23 heavy (non-hydrogen) atoms. The smallest absolute Gasteiger partial charge is 0.240 e. The topological polar surface area (TPSA) is 92.8 Å². The molecule has 0 radical (unpaired) electrons. The molecule has 0 aliphatic heterocycles. The van der Waals surface area contributed by atoms with Crippen LogP contribution in [0.5, 0.6) is 0 Å². The number of nitrogens with one attached hydrogen (secondary N) is 1. The van der Waals surface area contributed by atoms with Crippen molar-refractivity contribution in [2.24, 2.45) is 0 Å². The Hall–Kier alpha value is -1.00. The normalized spacial score (nSPS) is 12.7. The highest BCUT2D eigenvalue weighted by Gasteiger charge is 2.18.